The van der Waals surface area contributed by atoms with Crippen LogP contribution < -0.4 is 15.5 Å². The Kier molecular flexibility index (Phi) is 7.88. The summed E-state index contributed by atoms with van der Waals surface area (Å²) in [6.07, 6.45) is 2.26. The van der Waals surface area contributed by atoms with Crippen LogP contribution in [-0.2, 0) is 16.0 Å². The smallest absolute Gasteiger partial charge is 0.343 e. The first-order valence-corrected chi connectivity index (χ1v) is 10.5. The van der Waals surface area contributed by atoms with Crippen LogP contribution in [0.5, 0.6) is 5.75 Å². The predicted octanol–water partition coefficient (Wildman–Crippen LogP) is 4.32. The van der Waals surface area contributed by atoms with Crippen molar-refractivity contribution < 1.29 is 19.1 Å². The molecule has 7 nitrogen and oxygen atoms in total. The highest BCUT2D eigenvalue weighted by Crippen LogP contribution is 2.16. The van der Waals surface area contributed by atoms with Gasteiger partial charge in [0.05, 0.1) is 11.8 Å². The summed E-state index contributed by atoms with van der Waals surface area (Å²) in [4.78, 5) is 36.0. The molecule has 0 aliphatic carbocycles. The number of hydrogen-bond donors (Lipinski definition) is 2. The minimum absolute atomic E-state index is 0.365. The standard InChI is InChI=1S/C24H20BrN3O4/c1-2-16-6-10-20(11-7-16)27-22(29)23(30)28-26-15-17-8-12-21(13-9-17)32-24(31)18-4-3-5-19(25)14-18/h3-15H,2H2,1H3,(H,27,29)(H,28,30)/b26-15-. The number of nitrogens with one attached hydrogen (secondary N) is 2. The number of carbonyl (C=O) groups excluding carboxylic acids is 3. The number of nitrogens with zero attached hydrogens (tertiary/aromatic N) is 1. The van der Waals surface area contributed by atoms with Crippen molar-refractivity contribution in [3.8, 4) is 5.75 Å². The number of anilines is 1. The van der Waals surface area contributed by atoms with E-state index in [4.69, 9.17) is 4.74 Å². The van der Waals surface area contributed by atoms with Crippen molar-refractivity contribution in [2.45, 2.75) is 13.3 Å². The number of benzene rings is 3. The lowest BCUT2D eigenvalue weighted by Gasteiger charge is -2.05. The van der Waals surface area contributed by atoms with Gasteiger partial charge in [-0.15, -0.1) is 0 Å². The van der Waals surface area contributed by atoms with Gasteiger partial charge in [-0.1, -0.05) is 41.1 Å². The third-order valence-electron chi connectivity index (χ3n) is 4.36. The third-order valence-corrected chi connectivity index (χ3v) is 4.85. The fraction of sp³-hybridized carbons (Fsp3) is 0.0833. The number of esters is 1. The Balaban J connectivity index is 1.50. The van der Waals surface area contributed by atoms with Crippen molar-refractivity contribution >= 4 is 45.6 Å². The highest BCUT2D eigenvalue weighted by Gasteiger charge is 2.13. The molecule has 32 heavy (non-hydrogen) atoms. The maximum absolute atomic E-state index is 12.2. The first-order valence-electron chi connectivity index (χ1n) is 9.75. The van der Waals surface area contributed by atoms with Gasteiger partial charge in [0.15, 0.2) is 0 Å². The molecule has 0 aliphatic rings. The lowest BCUT2D eigenvalue weighted by Crippen LogP contribution is -2.32. The van der Waals surface area contributed by atoms with Crippen LogP contribution in [0.4, 0.5) is 5.69 Å². The van der Waals surface area contributed by atoms with E-state index in [2.05, 4.69) is 31.8 Å². The Bertz CT molecular complexity index is 1140. The second-order valence-corrected chi connectivity index (χ2v) is 7.59. The summed E-state index contributed by atoms with van der Waals surface area (Å²) in [6, 6.07) is 20.7. The van der Waals surface area contributed by atoms with Gasteiger partial charge in [-0.2, -0.15) is 5.10 Å². The van der Waals surface area contributed by atoms with Gasteiger partial charge in [0.2, 0.25) is 0 Å². The average Bonchev–Trinajstić information content (AvgIpc) is 2.80. The first-order chi connectivity index (χ1) is 15.4. The highest BCUT2D eigenvalue weighted by atomic mass is 79.9. The van der Waals surface area contributed by atoms with Gasteiger partial charge in [0, 0.05) is 10.2 Å². The largest absolute Gasteiger partial charge is 0.423 e. The van der Waals surface area contributed by atoms with Gasteiger partial charge in [0.25, 0.3) is 0 Å². The van der Waals surface area contributed by atoms with Crippen molar-refractivity contribution in [3.63, 3.8) is 0 Å². The van der Waals surface area contributed by atoms with Crippen LogP contribution in [0, 0.1) is 0 Å². The summed E-state index contributed by atoms with van der Waals surface area (Å²) < 4.78 is 6.11. The van der Waals surface area contributed by atoms with Crippen LogP contribution in [0.1, 0.15) is 28.4 Å². The second kappa shape index (κ2) is 11.0. The fourth-order valence-corrected chi connectivity index (χ4v) is 3.03. The number of halogens is 1. The monoisotopic (exact) mass is 493 g/mol. The Labute approximate surface area is 193 Å². The minimum atomic E-state index is -0.889. The number of amides is 2. The van der Waals surface area contributed by atoms with E-state index in [9.17, 15) is 14.4 Å². The molecule has 0 aliphatic heterocycles. The zero-order valence-corrected chi connectivity index (χ0v) is 18.8. The molecule has 0 aromatic heterocycles. The number of carbonyl (C=O) groups is 3. The molecule has 3 aromatic rings. The normalized spacial score (nSPS) is 10.6. The molecule has 8 heteroatoms. The lowest BCUT2D eigenvalue weighted by molar-refractivity contribution is -0.136. The maximum Gasteiger partial charge on any atom is 0.343 e. The van der Waals surface area contributed by atoms with E-state index in [-0.39, 0.29) is 0 Å². The predicted molar refractivity (Wildman–Crippen MR) is 126 cm³/mol. The van der Waals surface area contributed by atoms with Crippen LogP contribution >= 0.6 is 15.9 Å². The van der Waals surface area contributed by atoms with E-state index < -0.39 is 17.8 Å². The summed E-state index contributed by atoms with van der Waals surface area (Å²) in [5, 5.41) is 6.29. The van der Waals surface area contributed by atoms with Crippen LogP contribution in [-0.4, -0.2) is 24.0 Å². The highest BCUT2D eigenvalue weighted by molar-refractivity contribution is 9.10. The van der Waals surface area contributed by atoms with Gasteiger partial charge in [-0.25, -0.2) is 10.2 Å². The molecular formula is C24H20BrN3O4. The first kappa shape index (κ1) is 22.9. The van der Waals surface area contributed by atoms with Gasteiger partial charge in [-0.3, -0.25) is 9.59 Å². The van der Waals surface area contributed by atoms with Crippen LogP contribution in [0.2, 0.25) is 0 Å². The SMILES string of the molecule is CCc1ccc(NC(=O)C(=O)N/N=C\c2ccc(OC(=O)c3cccc(Br)c3)cc2)cc1. The summed E-state index contributed by atoms with van der Waals surface area (Å²) >= 11 is 3.31. The molecule has 0 saturated carbocycles. The molecule has 0 saturated heterocycles. The van der Waals surface area contributed by atoms with Crippen molar-refractivity contribution in [2.24, 2.45) is 5.10 Å². The van der Waals surface area contributed by atoms with Crippen molar-refractivity contribution in [1.82, 2.24) is 5.43 Å². The van der Waals surface area contributed by atoms with Crippen molar-refractivity contribution in [1.29, 1.82) is 0 Å². The maximum atomic E-state index is 12.2. The quantitative estimate of drug-likeness (QED) is 0.175. The van der Waals surface area contributed by atoms with Crippen LogP contribution in [0.25, 0.3) is 0 Å². The number of hydrazone groups is 1. The number of ether oxygens (including phenoxy) is 1. The molecule has 0 fully saturated rings. The van der Waals surface area contributed by atoms with E-state index in [1.165, 1.54) is 6.21 Å². The van der Waals surface area contributed by atoms with Crippen molar-refractivity contribution in [3.05, 3.63) is 94.0 Å². The molecule has 0 heterocycles. The number of aryl methyl sites for hydroxylation is 1. The second-order valence-electron chi connectivity index (χ2n) is 6.67. The molecule has 162 valence electrons. The lowest BCUT2D eigenvalue weighted by atomic mass is 10.1. The van der Waals surface area contributed by atoms with Crippen molar-refractivity contribution in [2.75, 3.05) is 5.32 Å². The van der Waals surface area contributed by atoms with Gasteiger partial charge in [0.1, 0.15) is 5.75 Å². The van der Waals surface area contributed by atoms with Gasteiger partial charge >= 0.3 is 17.8 Å². The molecule has 0 unspecified atom stereocenters. The Morgan fingerprint density at radius 2 is 1.69 bits per heavy atom. The zero-order chi connectivity index (χ0) is 22.9. The molecule has 0 radical (unpaired) electrons. The molecule has 2 amide bonds. The number of hydrogen-bond acceptors (Lipinski definition) is 5. The van der Waals surface area contributed by atoms with Crippen LogP contribution in [0.3, 0.4) is 0 Å². The molecule has 3 aromatic carbocycles. The Hall–Kier alpha value is -3.78. The van der Waals surface area contributed by atoms with Crippen LogP contribution in [0.15, 0.2) is 82.4 Å². The Morgan fingerprint density at radius 3 is 2.34 bits per heavy atom. The number of rotatable bonds is 6. The molecule has 2 N–H and O–H groups in total. The molecule has 3 rings (SSSR count). The van der Waals surface area contributed by atoms with Gasteiger partial charge in [-0.05, 0) is 72.1 Å². The summed E-state index contributed by atoms with van der Waals surface area (Å²) in [7, 11) is 0. The fourth-order valence-electron chi connectivity index (χ4n) is 2.63. The van der Waals surface area contributed by atoms with E-state index in [1.54, 1.807) is 54.6 Å². The van der Waals surface area contributed by atoms with Gasteiger partial charge < -0.3 is 10.1 Å². The van der Waals surface area contributed by atoms with E-state index >= 15 is 0 Å². The zero-order valence-electron chi connectivity index (χ0n) is 17.2. The Morgan fingerprint density at radius 1 is 0.969 bits per heavy atom. The minimum Gasteiger partial charge on any atom is -0.423 e. The van der Waals surface area contributed by atoms with E-state index in [1.807, 2.05) is 25.1 Å². The van der Waals surface area contributed by atoms with E-state index in [0.29, 0.717) is 22.6 Å². The average molecular weight is 494 g/mol. The molecule has 0 bridgehead atoms. The van der Waals surface area contributed by atoms with E-state index in [0.717, 1.165) is 16.5 Å². The summed E-state index contributed by atoms with van der Waals surface area (Å²) in [6.45, 7) is 2.03. The molecule has 0 atom stereocenters. The third kappa shape index (κ3) is 6.61. The molecular weight excluding hydrogens is 474 g/mol. The topological polar surface area (TPSA) is 96.9 Å². The summed E-state index contributed by atoms with van der Waals surface area (Å²) in [5.41, 5.74) is 4.90. The summed E-state index contributed by atoms with van der Waals surface area (Å²) in [5.74, 6) is -1.82. The molecule has 0 spiro atoms.